The van der Waals surface area contributed by atoms with E-state index in [1.54, 1.807) is 22.9 Å². The summed E-state index contributed by atoms with van der Waals surface area (Å²) < 4.78 is 20.6. The van der Waals surface area contributed by atoms with Crippen LogP contribution in [0, 0.1) is 26.6 Å². The second-order valence-corrected chi connectivity index (χ2v) is 9.12. The van der Waals surface area contributed by atoms with Crippen LogP contribution in [0.1, 0.15) is 41.7 Å². The summed E-state index contributed by atoms with van der Waals surface area (Å²) in [6.45, 7) is 7.24. The number of aromatic nitrogens is 6. The Morgan fingerprint density at radius 3 is 2.69 bits per heavy atom. The fraction of sp³-hybridized carbons (Fsp3) is 0.360. The fourth-order valence-electron chi connectivity index (χ4n) is 4.48. The van der Waals surface area contributed by atoms with Gasteiger partial charge < -0.3 is 9.84 Å². The first-order chi connectivity index (χ1) is 17.3. The average molecular weight is 491 g/mol. The van der Waals surface area contributed by atoms with Crippen LogP contribution in [0.3, 0.4) is 0 Å². The molecule has 186 valence electrons. The van der Waals surface area contributed by atoms with Crippen LogP contribution in [0.4, 0.5) is 10.2 Å². The van der Waals surface area contributed by atoms with Crippen molar-refractivity contribution in [3.63, 3.8) is 0 Å². The highest BCUT2D eigenvalue weighted by Gasteiger charge is 2.27. The number of carbonyl (C=O) groups excluding carboxylic acids is 1. The third kappa shape index (κ3) is 5.30. The number of benzene rings is 1. The van der Waals surface area contributed by atoms with Crippen molar-refractivity contribution in [2.75, 3.05) is 25.0 Å². The van der Waals surface area contributed by atoms with Crippen LogP contribution in [-0.2, 0) is 4.79 Å². The summed E-state index contributed by atoms with van der Waals surface area (Å²) >= 11 is 0. The molecule has 1 fully saturated rings. The van der Waals surface area contributed by atoms with E-state index in [1.165, 1.54) is 12.1 Å². The van der Waals surface area contributed by atoms with E-state index in [2.05, 4.69) is 35.4 Å². The van der Waals surface area contributed by atoms with Gasteiger partial charge in [0.05, 0.1) is 18.2 Å². The minimum Gasteiger partial charge on any atom is -0.339 e. The molecule has 0 aliphatic carbocycles. The monoisotopic (exact) mass is 490 g/mol. The summed E-state index contributed by atoms with van der Waals surface area (Å²) in [4.78, 5) is 28.4. The molecule has 1 saturated heterocycles. The van der Waals surface area contributed by atoms with Gasteiger partial charge in [-0.2, -0.15) is 14.8 Å². The summed E-state index contributed by atoms with van der Waals surface area (Å²) in [5.74, 6) is 1.28. The zero-order valence-electron chi connectivity index (χ0n) is 20.4. The molecular formula is C25H27FN8O2. The normalized spacial score (nSPS) is 16.3. The zero-order chi connectivity index (χ0) is 25.2. The lowest BCUT2D eigenvalue weighted by Gasteiger charge is -2.30. The highest BCUT2D eigenvalue weighted by molar-refractivity contribution is 5.91. The quantitative estimate of drug-likeness (QED) is 0.436. The maximum absolute atomic E-state index is 13.6. The van der Waals surface area contributed by atoms with E-state index < -0.39 is 0 Å². The smallest absolute Gasteiger partial charge is 0.252 e. The molecule has 1 aliphatic rings. The number of halogens is 1. The lowest BCUT2D eigenvalue weighted by atomic mass is 9.98. The second-order valence-electron chi connectivity index (χ2n) is 9.12. The van der Waals surface area contributed by atoms with Gasteiger partial charge in [0.2, 0.25) is 17.6 Å². The van der Waals surface area contributed by atoms with Crippen molar-refractivity contribution >= 4 is 11.7 Å². The van der Waals surface area contributed by atoms with Crippen molar-refractivity contribution in [2.45, 2.75) is 39.5 Å². The molecule has 4 heterocycles. The van der Waals surface area contributed by atoms with Crippen molar-refractivity contribution in [3.05, 3.63) is 65.2 Å². The molecule has 4 aromatic rings. The molecule has 1 aliphatic heterocycles. The van der Waals surface area contributed by atoms with Gasteiger partial charge in [-0.1, -0.05) is 17.3 Å². The molecule has 1 atom stereocenters. The molecule has 36 heavy (non-hydrogen) atoms. The van der Waals surface area contributed by atoms with Crippen molar-refractivity contribution in [1.82, 2.24) is 34.8 Å². The van der Waals surface area contributed by atoms with Gasteiger partial charge in [-0.3, -0.25) is 9.69 Å². The summed E-state index contributed by atoms with van der Waals surface area (Å²) in [5, 5.41) is 11.4. The van der Waals surface area contributed by atoms with Gasteiger partial charge in [0.15, 0.2) is 0 Å². The minimum absolute atomic E-state index is 0.00204. The Hall–Kier alpha value is -3.99. The molecule has 3 aromatic heterocycles. The Morgan fingerprint density at radius 1 is 1.11 bits per heavy atom. The largest absolute Gasteiger partial charge is 0.339 e. The number of hydrogen-bond donors (Lipinski definition) is 1. The number of nitrogens with one attached hydrogen (secondary N) is 1. The fourth-order valence-corrected chi connectivity index (χ4v) is 4.48. The van der Waals surface area contributed by atoms with Gasteiger partial charge in [-0.15, -0.1) is 0 Å². The van der Waals surface area contributed by atoms with Gasteiger partial charge in [0.25, 0.3) is 5.95 Å². The minimum atomic E-state index is -0.352. The summed E-state index contributed by atoms with van der Waals surface area (Å²) in [7, 11) is 0. The van der Waals surface area contributed by atoms with Gasteiger partial charge in [-0.05, 0) is 58.4 Å². The second kappa shape index (κ2) is 9.94. The average Bonchev–Trinajstić information content (AvgIpc) is 3.46. The first-order valence-electron chi connectivity index (χ1n) is 11.8. The highest BCUT2D eigenvalue weighted by Crippen LogP contribution is 2.28. The molecule has 11 heteroatoms. The number of likely N-dealkylation sites (tertiary alicyclic amines) is 1. The number of carbonyl (C=O) groups is 1. The Balaban J connectivity index is 1.25. The predicted molar refractivity (Wildman–Crippen MR) is 130 cm³/mol. The van der Waals surface area contributed by atoms with Gasteiger partial charge in [0.1, 0.15) is 11.6 Å². The van der Waals surface area contributed by atoms with E-state index in [9.17, 15) is 9.18 Å². The van der Waals surface area contributed by atoms with Crippen LogP contribution >= 0.6 is 0 Å². The lowest BCUT2D eigenvalue weighted by molar-refractivity contribution is -0.117. The molecule has 1 aromatic carbocycles. The summed E-state index contributed by atoms with van der Waals surface area (Å²) in [6, 6.07) is 9.78. The Morgan fingerprint density at radius 2 is 1.92 bits per heavy atom. The Kier molecular flexibility index (Phi) is 6.55. The number of piperidine rings is 1. The third-order valence-electron chi connectivity index (χ3n) is 6.01. The van der Waals surface area contributed by atoms with Crippen molar-refractivity contribution in [1.29, 1.82) is 0 Å². The molecule has 0 spiro atoms. The third-order valence-corrected chi connectivity index (χ3v) is 6.01. The first kappa shape index (κ1) is 23.7. The van der Waals surface area contributed by atoms with E-state index in [-0.39, 0.29) is 24.2 Å². The van der Waals surface area contributed by atoms with Crippen LogP contribution in [0.5, 0.6) is 0 Å². The van der Waals surface area contributed by atoms with Crippen LogP contribution in [0.2, 0.25) is 0 Å². The zero-order valence-corrected chi connectivity index (χ0v) is 20.4. The van der Waals surface area contributed by atoms with Gasteiger partial charge in [-0.25, -0.2) is 14.4 Å². The predicted octanol–water partition coefficient (Wildman–Crippen LogP) is 3.59. The van der Waals surface area contributed by atoms with Crippen molar-refractivity contribution in [3.8, 4) is 17.3 Å². The van der Waals surface area contributed by atoms with Crippen LogP contribution in [0.25, 0.3) is 17.3 Å². The molecule has 0 bridgehead atoms. The van der Waals surface area contributed by atoms with Crippen LogP contribution in [0.15, 0.2) is 40.9 Å². The molecule has 0 saturated carbocycles. The maximum Gasteiger partial charge on any atom is 0.252 e. The number of aryl methyl sites for hydroxylation is 3. The van der Waals surface area contributed by atoms with E-state index in [1.807, 2.05) is 26.8 Å². The summed E-state index contributed by atoms with van der Waals surface area (Å²) in [6.07, 6.45) is 1.77. The molecule has 5 rings (SSSR count). The van der Waals surface area contributed by atoms with E-state index in [0.29, 0.717) is 35.6 Å². The standard InChI is InChI=1S/C25H27FN8O2/c1-15-10-16(2)28-25(27-15)34-21(11-17(3)31-34)29-22(35)14-33-9-5-7-19(13-33)24-30-23(32-36-24)18-6-4-8-20(26)12-18/h4,6,8,10-12,19H,5,7,9,13-14H2,1-3H3,(H,29,35). The van der Waals surface area contributed by atoms with Gasteiger partial charge >= 0.3 is 0 Å². The topological polar surface area (TPSA) is 115 Å². The number of amides is 1. The SMILES string of the molecule is Cc1cc(C)nc(-n2nc(C)cc2NC(=O)CN2CCCC(c3nc(-c4cccc(F)c4)no3)C2)n1. The maximum atomic E-state index is 13.6. The molecule has 0 radical (unpaired) electrons. The number of rotatable bonds is 6. The van der Waals surface area contributed by atoms with Crippen molar-refractivity contribution in [2.24, 2.45) is 0 Å². The van der Waals surface area contributed by atoms with Crippen molar-refractivity contribution < 1.29 is 13.7 Å². The highest BCUT2D eigenvalue weighted by atomic mass is 19.1. The van der Waals surface area contributed by atoms with E-state index >= 15 is 0 Å². The molecular weight excluding hydrogens is 463 g/mol. The summed E-state index contributed by atoms with van der Waals surface area (Å²) in [5.41, 5.74) is 2.96. The Bertz CT molecular complexity index is 1380. The van der Waals surface area contributed by atoms with Crippen LogP contribution < -0.4 is 5.32 Å². The molecule has 10 nitrogen and oxygen atoms in total. The van der Waals surface area contributed by atoms with E-state index in [0.717, 1.165) is 36.5 Å². The number of nitrogens with zero attached hydrogens (tertiary/aromatic N) is 7. The molecule has 1 N–H and O–H groups in total. The first-order valence-corrected chi connectivity index (χ1v) is 11.8. The number of hydrogen-bond acceptors (Lipinski definition) is 8. The number of anilines is 1. The van der Waals surface area contributed by atoms with E-state index in [4.69, 9.17) is 4.52 Å². The lowest BCUT2D eigenvalue weighted by Crippen LogP contribution is -2.40. The molecule has 1 unspecified atom stereocenters. The molecule has 1 amide bonds. The van der Waals surface area contributed by atoms with Crippen LogP contribution in [-0.4, -0.2) is 60.3 Å². The Labute approximate surface area is 207 Å². The van der Waals surface area contributed by atoms with Gasteiger partial charge in [0, 0.05) is 29.6 Å².